The maximum atomic E-state index is 10.7. The van der Waals surface area contributed by atoms with E-state index in [1.54, 1.807) is 30.5 Å². The number of non-ortho nitro benzene ring substituents is 1. The van der Waals surface area contributed by atoms with E-state index in [1.807, 2.05) is 12.1 Å². The van der Waals surface area contributed by atoms with Gasteiger partial charge < -0.3 is 0 Å². The molecule has 0 radical (unpaired) electrons. The Morgan fingerprint density at radius 1 is 1.21 bits per heavy atom. The molecule has 0 saturated heterocycles. The molecule has 0 aliphatic carbocycles. The maximum absolute atomic E-state index is 10.7. The molecule has 0 unspecified atom stereocenters. The van der Waals surface area contributed by atoms with Crippen molar-refractivity contribution in [2.75, 3.05) is 0 Å². The first-order valence-corrected chi connectivity index (χ1v) is 7.55. The summed E-state index contributed by atoms with van der Waals surface area (Å²) in [6.07, 6.45) is 1.55. The topological polar surface area (TPSA) is 89.1 Å². The van der Waals surface area contributed by atoms with Crippen LogP contribution < -0.4 is 0 Å². The molecular formula is C15H10ClN5O2S. The summed E-state index contributed by atoms with van der Waals surface area (Å²) < 4.78 is 1.80. The lowest BCUT2D eigenvalue weighted by Crippen LogP contribution is -1.95. The fourth-order valence-electron chi connectivity index (χ4n) is 1.99. The second kappa shape index (κ2) is 6.73. The van der Waals surface area contributed by atoms with E-state index in [2.05, 4.69) is 15.3 Å². The highest BCUT2D eigenvalue weighted by atomic mass is 35.5. The molecule has 7 nitrogen and oxygen atoms in total. The summed E-state index contributed by atoms with van der Waals surface area (Å²) in [5.41, 5.74) is 1.52. The average Bonchev–Trinajstić information content (AvgIpc) is 2.95. The van der Waals surface area contributed by atoms with Gasteiger partial charge in [0.2, 0.25) is 4.77 Å². The lowest BCUT2D eigenvalue weighted by Gasteiger charge is -2.01. The van der Waals surface area contributed by atoms with Gasteiger partial charge in [0, 0.05) is 22.7 Å². The summed E-state index contributed by atoms with van der Waals surface area (Å²) >= 11 is 11.1. The number of benzene rings is 2. The molecule has 24 heavy (non-hydrogen) atoms. The Morgan fingerprint density at radius 3 is 2.50 bits per heavy atom. The van der Waals surface area contributed by atoms with Gasteiger partial charge in [-0.25, -0.2) is 5.10 Å². The highest BCUT2D eigenvalue weighted by molar-refractivity contribution is 7.71. The van der Waals surface area contributed by atoms with E-state index in [0.717, 1.165) is 5.56 Å². The number of rotatable bonds is 4. The fourth-order valence-corrected chi connectivity index (χ4v) is 2.30. The van der Waals surface area contributed by atoms with Crippen LogP contribution in [0.4, 0.5) is 5.69 Å². The molecule has 0 aliphatic heterocycles. The van der Waals surface area contributed by atoms with Crippen LogP contribution in [-0.2, 0) is 0 Å². The third kappa shape index (κ3) is 3.39. The second-order valence-electron chi connectivity index (χ2n) is 4.76. The zero-order valence-electron chi connectivity index (χ0n) is 12.1. The Morgan fingerprint density at radius 2 is 1.88 bits per heavy atom. The largest absolute Gasteiger partial charge is 0.269 e. The van der Waals surface area contributed by atoms with Gasteiger partial charge in [-0.15, -0.1) is 0 Å². The minimum absolute atomic E-state index is 0.0222. The molecule has 3 aromatic rings. The standard InChI is InChI=1S/C15H10ClN5O2S/c16-12-5-3-11(4-6-12)14-18-19-15(24)20(14)17-9-10-1-7-13(8-2-10)21(22)23/h1-9H,(H,19,24). The number of halogens is 1. The van der Waals surface area contributed by atoms with Crippen molar-refractivity contribution in [1.82, 2.24) is 14.9 Å². The molecule has 120 valence electrons. The number of H-pyrrole nitrogens is 1. The predicted octanol–water partition coefficient (Wildman–Crippen LogP) is 4.05. The van der Waals surface area contributed by atoms with Crippen molar-refractivity contribution >= 4 is 35.7 Å². The zero-order valence-corrected chi connectivity index (χ0v) is 13.7. The van der Waals surface area contributed by atoms with Gasteiger partial charge in [0.15, 0.2) is 5.82 Å². The van der Waals surface area contributed by atoms with Crippen LogP contribution in [0.2, 0.25) is 5.02 Å². The van der Waals surface area contributed by atoms with Crippen LogP contribution >= 0.6 is 23.8 Å². The number of hydrogen-bond donors (Lipinski definition) is 1. The summed E-state index contributed by atoms with van der Waals surface area (Å²) in [7, 11) is 0. The van der Waals surface area contributed by atoms with Crippen molar-refractivity contribution in [3.05, 3.63) is 74.0 Å². The number of aromatic nitrogens is 3. The first-order chi connectivity index (χ1) is 11.5. The Hall–Kier alpha value is -2.84. The number of nitro groups is 1. The minimum Gasteiger partial charge on any atom is -0.258 e. The quantitative estimate of drug-likeness (QED) is 0.329. The molecule has 0 bridgehead atoms. The number of nitrogens with zero attached hydrogens (tertiary/aromatic N) is 4. The minimum atomic E-state index is -0.453. The Labute approximate surface area is 146 Å². The number of nitrogens with one attached hydrogen (secondary N) is 1. The third-order valence-electron chi connectivity index (χ3n) is 3.18. The van der Waals surface area contributed by atoms with Crippen molar-refractivity contribution in [3.63, 3.8) is 0 Å². The van der Waals surface area contributed by atoms with Crippen molar-refractivity contribution in [2.45, 2.75) is 0 Å². The molecule has 1 aromatic heterocycles. The molecule has 1 heterocycles. The SMILES string of the molecule is O=[N+]([O-])c1ccc(C=Nn2c(-c3ccc(Cl)cc3)n[nH]c2=S)cc1. The van der Waals surface area contributed by atoms with E-state index in [-0.39, 0.29) is 5.69 Å². The van der Waals surface area contributed by atoms with Crippen LogP contribution in [0.3, 0.4) is 0 Å². The maximum Gasteiger partial charge on any atom is 0.269 e. The predicted molar refractivity (Wildman–Crippen MR) is 93.9 cm³/mol. The highest BCUT2D eigenvalue weighted by Crippen LogP contribution is 2.20. The molecule has 2 aromatic carbocycles. The Balaban J connectivity index is 1.92. The molecule has 0 amide bonds. The smallest absolute Gasteiger partial charge is 0.258 e. The molecule has 0 spiro atoms. The molecule has 0 atom stereocenters. The second-order valence-corrected chi connectivity index (χ2v) is 5.59. The van der Waals surface area contributed by atoms with Crippen molar-refractivity contribution in [2.24, 2.45) is 5.10 Å². The van der Waals surface area contributed by atoms with Gasteiger partial charge >= 0.3 is 0 Å². The van der Waals surface area contributed by atoms with Crippen LogP contribution in [0.15, 0.2) is 53.6 Å². The fraction of sp³-hybridized carbons (Fsp3) is 0. The number of aromatic amines is 1. The lowest BCUT2D eigenvalue weighted by molar-refractivity contribution is -0.384. The van der Waals surface area contributed by atoms with Crippen LogP contribution in [0.25, 0.3) is 11.4 Å². The van der Waals surface area contributed by atoms with Gasteiger partial charge in [-0.3, -0.25) is 10.1 Å². The zero-order chi connectivity index (χ0) is 17.1. The van der Waals surface area contributed by atoms with Crippen LogP contribution in [0, 0.1) is 14.9 Å². The van der Waals surface area contributed by atoms with E-state index in [1.165, 1.54) is 16.8 Å². The Kier molecular flexibility index (Phi) is 4.50. The van der Waals surface area contributed by atoms with Gasteiger partial charge in [0.1, 0.15) is 0 Å². The van der Waals surface area contributed by atoms with E-state index < -0.39 is 4.92 Å². The van der Waals surface area contributed by atoms with Crippen LogP contribution in [-0.4, -0.2) is 26.0 Å². The van der Waals surface area contributed by atoms with Gasteiger partial charge in [-0.1, -0.05) is 11.6 Å². The monoisotopic (exact) mass is 359 g/mol. The summed E-state index contributed by atoms with van der Waals surface area (Å²) in [4.78, 5) is 10.2. The van der Waals surface area contributed by atoms with Crippen molar-refractivity contribution < 1.29 is 4.92 Å². The molecule has 9 heteroatoms. The Bertz CT molecular complexity index is 961. The molecule has 0 aliphatic rings. The van der Waals surface area contributed by atoms with Gasteiger partial charge in [-0.05, 0) is 54.2 Å². The first-order valence-electron chi connectivity index (χ1n) is 6.77. The van der Waals surface area contributed by atoms with E-state index in [9.17, 15) is 10.1 Å². The van der Waals surface area contributed by atoms with Gasteiger partial charge in [-0.2, -0.15) is 14.9 Å². The van der Waals surface area contributed by atoms with Crippen molar-refractivity contribution in [1.29, 1.82) is 0 Å². The first kappa shape index (κ1) is 16.0. The molecule has 1 N–H and O–H groups in total. The highest BCUT2D eigenvalue weighted by Gasteiger charge is 2.08. The summed E-state index contributed by atoms with van der Waals surface area (Å²) in [5, 5.41) is 22.4. The summed E-state index contributed by atoms with van der Waals surface area (Å²) in [5.74, 6) is 0.537. The summed E-state index contributed by atoms with van der Waals surface area (Å²) in [6, 6.07) is 13.2. The van der Waals surface area contributed by atoms with Crippen molar-refractivity contribution in [3.8, 4) is 11.4 Å². The average molecular weight is 360 g/mol. The lowest BCUT2D eigenvalue weighted by atomic mass is 10.2. The van der Waals surface area contributed by atoms with Crippen LogP contribution in [0.5, 0.6) is 0 Å². The molecule has 0 fully saturated rings. The van der Waals surface area contributed by atoms with E-state index >= 15 is 0 Å². The molecule has 3 rings (SSSR count). The third-order valence-corrected chi connectivity index (χ3v) is 3.70. The van der Waals surface area contributed by atoms with Gasteiger partial charge in [0.05, 0.1) is 11.1 Å². The van der Waals surface area contributed by atoms with Gasteiger partial charge in [0.25, 0.3) is 5.69 Å². The molecular weight excluding hydrogens is 350 g/mol. The van der Waals surface area contributed by atoms with Crippen LogP contribution in [0.1, 0.15) is 5.56 Å². The molecule has 0 saturated carbocycles. The number of nitro benzene ring substituents is 1. The number of hydrogen-bond acceptors (Lipinski definition) is 5. The van der Waals surface area contributed by atoms with E-state index in [4.69, 9.17) is 23.8 Å². The van der Waals surface area contributed by atoms with E-state index in [0.29, 0.717) is 21.2 Å². The summed E-state index contributed by atoms with van der Waals surface area (Å²) in [6.45, 7) is 0. The normalized spacial score (nSPS) is 11.0.